The Hall–Kier alpha value is -2.62. The molecule has 4 nitrogen and oxygen atoms in total. The number of carbonyl (C=O) groups is 2. The first-order chi connectivity index (χ1) is 11.6. The molecule has 1 saturated carbocycles. The zero-order chi connectivity index (χ0) is 16.9. The van der Waals surface area contributed by atoms with Gasteiger partial charge in [-0.05, 0) is 23.5 Å². The van der Waals surface area contributed by atoms with Gasteiger partial charge in [-0.3, -0.25) is 9.59 Å². The van der Waals surface area contributed by atoms with E-state index in [1.165, 1.54) is 0 Å². The molecule has 1 amide bonds. The summed E-state index contributed by atoms with van der Waals surface area (Å²) in [5, 5.41) is 2.96. The molecular weight excluding hydrogens is 302 g/mol. The van der Waals surface area contributed by atoms with Gasteiger partial charge in [0, 0.05) is 0 Å². The van der Waals surface area contributed by atoms with Crippen LogP contribution in [0.25, 0.3) is 0 Å². The summed E-state index contributed by atoms with van der Waals surface area (Å²) >= 11 is 0. The van der Waals surface area contributed by atoms with Gasteiger partial charge in [0.25, 0.3) is 5.91 Å². The largest absolute Gasteiger partial charge is 0.455 e. The van der Waals surface area contributed by atoms with Crippen molar-refractivity contribution in [1.82, 2.24) is 5.32 Å². The smallest absolute Gasteiger partial charge is 0.309 e. The van der Waals surface area contributed by atoms with E-state index in [0.29, 0.717) is 5.92 Å². The molecule has 1 aliphatic rings. The number of ether oxygens (including phenoxy) is 1. The van der Waals surface area contributed by atoms with Crippen molar-refractivity contribution in [3.05, 3.63) is 71.8 Å². The van der Waals surface area contributed by atoms with Crippen LogP contribution in [0.4, 0.5) is 0 Å². The molecule has 0 heterocycles. The van der Waals surface area contributed by atoms with Crippen LogP contribution in [0.15, 0.2) is 60.7 Å². The summed E-state index contributed by atoms with van der Waals surface area (Å²) in [6.45, 7) is 1.77. The highest BCUT2D eigenvalue weighted by molar-refractivity contribution is 5.82. The van der Waals surface area contributed by atoms with Gasteiger partial charge in [0.1, 0.15) is 0 Å². The molecule has 0 radical (unpaired) electrons. The highest BCUT2D eigenvalue weighted by Gasteiger charge is 2.40. The van der Waals surface area contributed by atoms with Gasteiger partial charge in [0.2, 0.25) is 0 Å². The molecule has 0 unspecified atom stereocenters. The molecule has 0 spiro atoms. The van der Waals surface area contributed by atoms with Crippen molar-refractivity contribution in [3.63, 3.8) is 0 Å². The van der Waals surface area contributed by atoms with Crippen molar-refractivity contribution in [1.29, 1.82) is 0 Å². The second-order valence-corrected chi connectivity index (χ2v) is 6.25. The standard InChI is InChI=1S/C20H21NO3/c1-14-12-17(14)20(23)24-13-18(22)21-19(15-8-4-2-5-9-15)16-10-6-3-7-11-16/h2-11,14,17,19H,12-13H2,1H3,(H,21,22)/t14-,17-/m0/s1. The third-order valence-corrected chi connectivity index (χ3v) is 4.33. The highest BCUT2D eigenvalue weighted by Crippen LogP contribution is 2.38. The Morgan fingerprint density at radius 3 is 2.00 bits per heavy atom. The Bertz CT molecular complexity index is 660. The van der Waals surface area contributed by atoms with Crippen molar-refractivity contribution in [3.8, 4) is 0 Å². The fraction of sp³-hybridized carbons (Fsp3) is 0.300. The molecule has 1 N–H and O–H groups in total. The summed E-state index contributed by atoms with van der Waals surface area (Å²) in [6, 6.07) is 19.2. The Morgan fingerprint density at radius 1 is 1.04 bits per heavy atom. The second-order valence-electron chi connectivity index (χ2n) is 6.25. The lowest BCUT2D eigenvalue weighted by molar-refractivity contribution is -0.150. The zero-order valence-electron chi connectivity index (χ0n) is 13.6. The van der Waals surface area contributed by atoms with E-state index >= 15 is 0 Å². The van der Waals surface area contributed by atoms with Crippen LogP contribution in [0, 0.1) is 11.8 Å². The third-order valence-electron chi connectivity index (χ3n) is 4.33. The molecule has 4 heteroatoms. The van der Waals surface area contributed by atoms with Gasteiger partial charge in [-0.15, -0.1) is 0 Å². The summed E-state index contributed by atoms with van der Waals surface area (Å²) in [5.74, 6) is -0.221. The normalized spacial score (nSPS) is 18.9. The van der Waals surface area contributed by atoms with Crippen LogP contribution in [-0.4, -0.2) is 18.5 Å². The molecule has 3 rings (SSSR count). The van der Waals surface area contributed by atoms with E-state index < -0.39 is 0 Å². The van der Waals surface area contributed by atoms with E-state index in [9.17, 15) is 9.59 Å². The SMILES string of the molecule is C[C@H]1C[C@@H]1C(=O)OCC(=O)NC(c1ccccc1)c1ccccc1. The van der Waals surface area contributed by atoms with Gasteiger partial charge in [-0.1, -0.05) is 67.6 Å². The van der Waals surface area contributed by atoms with Gasteiger partial charge in [0.15, 0.2) is 6.61 Å². The van der Waals surface area contributed by atoms with E-state index in [2.05, 4.69) is 5.32 Å². The van der Waals surface area contributed by atoms with Crippen LogP contribution >= 0.6 is 0 Å². The number of hydrogen-bond donors (Lipinski definition) is 1. The van der Waals surface area contributed by atoms with Gasteiger partial charge < -0.3 is 10.1 Å². The molecule has 24 heavy (non-hydrogen) atoms. The van der Waals surface area contributed by atoms with Gasteiger partial charge in [0.05, 0.1) is 12.0 Å². The number of nitrogens with one attached hydrogen (secondary N) is 1. The predicted octanol–water partition coefficient (Wildman–Crippen LogP) is 3.09. The first-order valence-electron chi connectivity index (χ1n) is 8.21. The fourth-order valence-electron chi connectivity index (χ4n) is 2.75. The number of esters is 1. The molecular formula is C20H21NO3. The first kappa shape index (κ1) is 16.2. The van der Waals surface area contributed by atoms with E-state index in [1.54, 1.807) is 0 Å². The van der Waals surface area contributed by atoms with Crippen LogP contribution in [0.3, 0.4) is 0 Å². The van der Waals surface area contributed by atoms with E-state index in [4.69, 9.17) is 4.74 Å². The molecule has 0 saturated heterocycles. The highest BCUT2D eigenvalue weighted by atomic mass is 16.5. The van der Waals surface area contributed by atoms with Crippen molar-refractivity contribution >= 4 is 11.9 Å². The van der Waals surface area contributed by atoms with Crippen molar-refractivity contribution < 1.29 is 14.3 Å². The number of benzene rings is 2. The zero-order valence-corrected chi connectivity index (χ0v) is 13.6. The molecule has 0 aromatic heterocycles. The first-order valence-corrected chi connectivity index (χ1v) is 8.21. The number of hydrogen-bond acceptors (Lipinski definition) is 3. The van der Waals surface area contributed by atoms with E-state index in [-0.39, 0.29) is 30.4 Å². The van der Waals surface area contributed by atoms with Crippen molar-refractivity contribution in [2.24, 2.45) is 11.8 Å². The average molecular weight is 323 g/mol. The lowest BCUT2D eigenvalue weighted by Crippen LogP contribution is -2.33. The fourth-order valence-corrected chi connectivity index (χ4v) is 2.75. The predicted molar refractivity (Wildman–Crippen MR) is 91.1 cm³/mol. The lowest BCUT2D eigenvalue weighted by atomic mass is 9.99. The summed E-state index contributed by atoms with van der Waals surface area (Å²) in [4.78, 5) is 24.0. The quantitative estimate of drug-likeness (QED) is 0.831. The van der Waals surface area contributed by atoms with Crippen molar-refractivity contribution in [2.45, 2.75) is 19.4 Å². The maximum Gasteiger partial charge on any atom is 0.309 e. The summed E-state index contributed by atoms with van der Waals surface area (Å²) in [7, 11) is 0. The van der Waals surface area contributed by atoms with Gasteiger partial charge in [-0.25, -0.2) is 0 Å². The number of amides is 1. The summed E-state index contributed by atoms with van der Waals surface area (Å²) in [5.41, 5.74) is 1.97. The minimum atomic E-state index is -0.297. The molecule has 1 fully saturated rings. The van der Waals surface area contributed by atoms with E-state index in [0.717, 1.165) is 17.5 Å². The topological polar surface area (TPSA) is 55.4 Å². The van der Waals surface area contributed by atoms with Crippen LogP contribution in [0.1, 0.15) is 30.5 Å². The maximum atomic E-state index is 12.2. The Morgan fingerprint density at radius 2 is 1.54 bits per heavy atom. The second kappa shape index (κ2) is 7.30. The summed E-state index contributed by atoms with van der Waals surface area (Å²) < 4.78 is 5.12. The number of rotatable bonds is 6. The molecule has 0 aliphatic heterocycles. The minimum absolute atomic E-state index is 0.0307. The molecule has 2 aromatic carbocycles. The monoisotopic (exact) mass is 323 g/mol. The van der Waals surface area contributed by atoms with Crippen molar-refractivity contribution in [2.75, 3.05) is 6.61 Å². The summed E-state index contributed by atoms with van der Waals surface area (Å²) in [6.07, 6.45) is 0.858. The van der Waals surface area contributed by atoms with Gasteiger partial charge in [-0.2, -0.15) is 0 Å². The number of carbonyl (C=O) groups excluding carboxylic acids is 2. The van der Waals surface area contributed by atoms with E-state index in [1.807, 2.05) is 67.6 Å². The molecule has 2 aromatic rings. The molecule has 124 valence electrons. The van der Waals surface area contributed by atoms with Crippen LogP contribution in [0.5, 0.6) is 0 Å². The Balaban J connectivity index is 1.65. The molecule has 1 aliphatic carbocycles. The lowest BCUT2D eigenvalue weighted by Gasteiger charge is -2.20. The molecule has 2 atom stereocenters. The molecule has 0 bridgehead atoms. The van der Waals surface area contributed by atoms with Gasteiger partial charge >= 0.3 is 5.97 Å². The minimum Gasteiger partial charge on any atom is -0.455 e. The maximum absolute atomic E-state index is 12.2. The van der Waals surface area contributed by atoms with Crippen LogP contribution in [-0.2, 0) is 14.3 Å². The Labute approximate surface area is 141 Å². The van der Waals surface area contributed by atoms with Crippen LogP contribution in [0.2, 0.25) is 0 Å². The average Bonchev–Trinajstić information content (AvgIpc) is 3.36. The van der Waals surface area contributed by atoms with Crippen LogP contribution < -0.4 is 5.32 Å². The Kier molecular flexibility index (Phi) is 4.94. The third kappa shape index (κ3) is 4.02.